The number of benzene rings is 1. The Balaban J connectivity index is 2.49. The second-order valence-electron chi connectivity index (χ2n) is 9.46. The van der Waals surface area contributed by atoms with E-state index in [1.807, 2.05) is 6.92 Å². The number of alkyl carbamates (subject to hydrolysis) is 1. The lowest BCUT2D eigenvalue weighted by Gasteiger charge is -2.34. The van der Waals surface area contributed by atoms with E-state index in [2.05, 4.69) is 17.2 Å². The summed E-state index contributed by atoms with van der Waals surface area (Å²) in [4.78, 5) is 41.1. The topological polar surface area (TPSA) is 115 Å². The van der Waals surface area contributed by atoms with Crippen LogP contribution in [0.25, 0.3) is 0 Å². The van der Waals surface area contributed by atoms with Crippen LogP contribution in [-0.2, 0) is 14.3 Å². The second-order valence-corrected chi connectivity index (χ2v) is 9.46. The number of nitrogens with one attached hydrogen (secondary N) is 2. The van der Waals surface area contributed by atoms with Crippen LogP contribution in [0.3, 0.4) is 0 Å². The summed E-state index contributed by atoms with van der Waals surface area (Å²) in [5.41, 5.74) is -0.260. The third-order valence-electron chi connectivity index (χ3n) is 5.70. The van der Waals surface area contributed by atoms with Gasteiger partial charge in [0, 0.05) is 23.9 Å². The maximum atomic E-state index is 12.7. The van der Waals surface area contributed by atoms with Gasteiger partial charge >= 0.3 is 12.1 Å². The van der Waals surface area contributed by atoms with E-state index in [1.54, 1.807) is 45.0 Å². The Hall–Kier alpha value is -3.36. The van der Waals surface area contributed by atoms with Crippen LogP contribution >= 0.6 is 0 Å². The van der Waals surface area contributed by atoms with Gasteiger partial charge in [-0.15, -0.1) is 6.58 Å². The van der Waals surface area contributed by atoms with Gasteiger partial charge in [-0.2, -0.15) is 0 Å². The van der Waals surface area contributed by atoms with E-state index in [0.29, 0.717) is 49.2 Å². The summed E-state index contributed by atoms with van der Waals surface area (Å²) in [5.74, 6) is 0.329. The van der Waals surface area contributed by atoms with Crippen molar-refractivity contribution in [2.45, 2.75) is 77.0 Å². The van der Waals surface area contributed by atoms with Crippen molar-refractivity contribution < 1.29 is 28.6 Å². The van der Waals surface area contributed by atoms with Gasteiger partial charge in [0.2, 0.25) is 5.96 Å². The number of amides is 1. The normalized spacial score (nSPS) is 17.2. The second kappa shape index (κ2) is 12.4. The highest BCUT2D eigenvalue weighted by Crippen LogP contribution is 2.35. The SMILES string of the molecule is C=CCCC(CC)(CC=O)NC(=N[C@@H]1CCOc2ccc(C(=O)OC)cc21)NC(=O)OC(C)(C)C. The van der Waals surface area contributed by atoms with Gasteiger partial charge in [-0.1, -0.05) is 13.0 Å². The van der Waals surface area contributed by atoms with Crippen LogP contribution in [0.15, 0.2) is 35.8 Å². The number of carbonyl (C=O) groups is 3. The van der Waals surface area contributed by atoms with Crippen LogP contribution in [-0.4, -0.2) is 49.2 Å². The van der Waals surface area contributed by atoms with E-state index in [4.69, 9.17) is 19.2 Å². The molecule has 1 aliphatic rings. The molecule has 0 saturated heterocycles. The molecule has 192 valence electrons. The number of carbonyl (C=O) groups excluding carboxylic acids is 3. The quantitative estimate of drug-likeness (QED) is 0.174. The molecule has 2 N–H and O–H groups in total. The molecule has 1 aromatic carbocycles. The van der Waals surface area contributed by atoms with Crippen molar-refractivity contribution in [3.63, 3.8) is 0 Å². The average molecular weight is 488 g/mol. The Morgan fingerprint density at radius 1 is 1.31 bits per heavy atom. The number of aliphatic imine (C=N–C) groups is 1. The first-order valence-corrected chi connectivity index (χ1v) is 11.8. The first-order valence-electron chi connectivity index (χ1n) is 11.8. The fourth-order valence-corrected chi connectivity index (χ4v) is 3.82. The number of fused-ring (bicyclic) bond motifs is 1. The zero-order chi connectivity index (χ0) is 26.1. The lowest BCUT2D eigenvalue weighted by molar-refractivity contribution is -0.109. The van der Waals surface area contributed by atoms with Gasteiger partial charge in [-0.25, -0.2) is 14.6 Å². The van der Waals surface area contributed by atoms with Crippen LogP contribution in [0.4, 0.5) is 4.79 Å². The molecule has 0 fully saturated rings. The van der Waals surface area contributed by atoms with Crippen LogP contribution in [0.2, 0.25) is 0 Å². The molecule has 0 radical (unpaired) electrons. The minimum atomic E-state index is -0.705. The molecule has 35 heavy (non-hydrogen) atoms. The number of ether oxygens (including phenoxy) is 3. The van der Waals surface area contributed by atoms with Gasteiger partial charge in [0.15, 0.2) is 0 Å². The first kappa shape index (κ1) is 27.9. The third kappa shape index (κ3) is 8.12. The Kier molecular flexibility index (Phi) is 9.86. The van der Waals surface area contributed by atoms with Gasteiger partial charge in [-0.3, -0.25) is 5.32 Å². The first-order chi connectivity index (χ1) is 16.6. The van der Waals surface area contributed by atoms with Crippen molar-refractivity contribution in [2.75, 3.05) is 13.7 Å². The summed E-state index contributed by atoms with van der Waals surface area (Å²) >= 11 is 0. The van der Waals surface area contributed by atoms with Crippen molar-refractivity contribution in [3.8, 4) is 5.75 Å². The monoisotopic (exact) mass is 487 g/mol. The number of guanidine groups is 1. The lowest BCUT2D eigenvalue weighted by atomic mass is 9.87. The molecule has 1 aliphatic heterocycles. The van der Waals surface area contributed by atoms with Gasteiger partial charge < -0.3 is 24.3 Å². The number of nitrogens with zero attached hydrogens (tertiary/aromatic N) is 1. The van der Waals surface area contributed by atoms with Crippen molar-refractivity contribution in [2.24, 2.45) is 4.99 Å². The largest absolute Gasteiger partial charge is 0.493 e. The van der Waals surface area contributed by atoms with Crippen LogP contribution in [0, 0.1) is 0 Å². The molecular weight excluding hydrogens is 450 g/mol. The summed E-state index contributed by atoms with van der Waals surface area (Å²) in [6.07, 6.45) is 4.65. The van der Waals surface area contributed by atoms with E-state index in [0.717, 1.165) is 6.29 Å². The van der Waals surface area contributed by atoms with E-state index in [1.165, 1.54) is 7.11 Å². The fourth-order valence-electron chi connectivity index (χ4n) is 3.82. The van der Waals surface area contributed by atoms with E-state index in [9.17, 15) is 14.4 Å². The molecule has 9 heteroatoms. The molecule has 0 bridgehead atoms. The van der Waals surface area contributed by atoms with Gasteiger partial charge in [0.25, 0.3) is 0 Å². The number of hydrogen-bond acceptors (Lipinski definition) is 7. The highest BCUT2D eigenvalue weighted by Gasteiger charge is 2.31. The minimum absolute atomic E-state index is 0.188. The number of methoxy groups -OCH3 is 1. The summed E-state index contributed by atoms with van der Waals surface area (Å²) in [6, 6.07) is 4.63. The van der Waals surface area contributed by atoms with Gasteiger partial charge in [-0.05, 0) is 58.2 Å². The molecule has 1 heterocycles. The Morgan fingerprint density at radius 3 is 2.66 bits per heavy atom. The molecular formula is C26H37N3O6. The highest BCUT2D eigenvalue weighted by atomic mass is 16.6. The highest BCUT2D eigenvalue weighted by molar-refractivity contribution is 5.95. The van der Waals surface area contributed by atoms with Crippen molar-refractivity contribution in [1.82, 2.24) is 10.6 Å². The molecule has 0 spiro atoms. The molecule has 1 amide bonds. The maximum Gasteiger partial charge on any atom is 0.414 e. The Bertz CT molecular complexity index is 953. The fraction of sp³-hybridized carbons (Fsp3) is 0.538. The molecule has 0 aromatic heterocycles. The molecule has 0 saturated carbocycles. The minimum Gasteiger partial charge on any atom is -0.493 e. The van der Waals surface area contributed by atoms with Crippen LogP contribution < -0.4 is 15.4 Å². The standard InChI is InChI=1S/C26H37N3O6/c1-7-9-13-26(8-2,14-15-30)29-23(28-24(32)35-25(3,4)5)27-20-12-16-34-21-11-10-18(17-19(20)21)22(31)33-6/h7,10-11,15,17,20H,1,8-9,12-14,16H2,2-6H3,(H2,27,28,29,32)/t20-,26?/m1/s1. The summed E-state index contributed by atoms with van der Waals surface area (Å²) in [6.45, 7) is 11.5. The number of rotatable bonds is 9. The molecule has 1 aromatic rings. The maximum absolute atomic E-state index is 12.7. The summed E-state index contributed by atoms with van der Waals surface area (Å²) in [5, 5.41) is 6.05. The van der Waals surface area contributed by atoms with Crippen LogP contribution in [0.1, 0.15) is 81.8 Å². The Morgan fingerprint density at radius 2 is 2.06 bits per heavy atom. The number of allylic oxidation sites excluding steroid dienone is 1. The zero-order valence-electron chi connectivity index (χ0n) is 21.3. The van der Waals surface area contributed by atoms with Gasteiger partial charge in [0.1, 0.15) is 17.6 Å². The van der Waals surface area contributed by atoms with E-state index in [-0.39, 0.29) is 12.4 Å². The van der Waals surface area contributed by atoms with Crippen molar-refractivity contribution in [1.29, 1.82) is 0 Å². The average Bonchev–Trinajstić information content (AvgIpc) is 2.80. The smallest absolute Gasteiger partial charge is 0.414 e. The predicted molar refractivity (Wildman–Crippen MR) is 134 cm³/mol. The number of aldehydes is 1. The lowest BCUT2D eigenvalue weighted by Crippen LogP contribution is -2.54. The zero-order valence-corrected chi connectivity index (χ0v) is 21.3. The molecule has 9 nitrogen and oxygen atoms in total. The third-order valence-corrected chi connectivity index (χ3v) is 5.70. The predicted octanol–water partition coefficient (Wildman–Crippen LogP) is 4.47. The molecule has 2 rings (SSSR count). The summed E-state index contributed by atoms with van der Waals surface area (Å²) < 4.78 is 16.0. The van der Waals surface area contributed by atoms with E-state index < -0.39 is 29.2 Å². The van der Waals surface area contributed by atoms with Crippen molar-refractivity contribution in [3.05, 3.63) is 42.0 Å². The van der Waals surface area contributed by atoms with Gasteiger partial charge in [0.05, 0.1) is 25.3 Å². The number of hydrogen-bond donors (Lipinski definition) is 2. The van der Waals surface area contributed by atoms with Crippen LogP contribution in [0.5, 0.6) is 5.75 Å². The molecule has 1 unspecified atom stereocenters. The Labute approximate surface area is 207 Å². The molecule has 2 atom stereocenters. The summed E-state index contributed by atoms with van der Waals surface area (Å²) in [7, 11) is 1.32. The molecule has 0 aliphatic carbocycles. The van der Waals surface area contributed by atoms with Crippen molar-refractivity contribution >= 4 is 24.3 Å². The number of esters is 1. The van der Waals surface area contributed by atoms with E-state index >= 15 is 0 Å².